The van der Waals surface area contributed by atoms with E-state index >= 15 is 0 Å². The molecule has 3 N–H and O–H groups in total. The Bertz CT molecular complexity index is 383. The molecule has 0 saturated carbocycles. The van der Waals surface area contributed by atoms with E-state index in [1.807, 2.05) is 13.8 Å². The second-order valence-electron chi connectivity index (χ2n) is 5.71. The van der Waals surface area contributed by atoms with E-state index in [1.54, 1.807) is 20.8 Å². The van der Waals surface area contributed by atoms with Crippen molar-refractivity contribution >= 4 is 15.9 Å². The fourth-order valence-corrected chi connectivity index (χ4v) is 2.99. The summed E-state index contributed by atoms with van der Waals surface area (Å²) in [5.41, 5.74) is 5.38. The molecule has 0 unspecified atom stereocenters. The number of nitrogens with zero attached hydrogens (tertiary/aromatic N) is 2. The van der Waals surface area contributed by atoms with Crippen LogP contribution in [0.2, 0.25) is 0 Å². The van der Waals surface area contributed by atoms with Crippen molar-refractivity contribution < 1.29 is 13.6 Å². The lowest BCUT2D eigenvalue weighted by Gasteiger charge is -2.31. The SMILES string of the molecule is CC(C)CN(CCC(N)=NO)S(=O)(=O)C(C)(C)C. The van der Waals surface area contributed by atoms with Crippen LogP contribution in [-0.4, -0.2) is 41.6 Å². The van der Waals surface area contributed by atoms with E-state index in [9.17, 15) is 8.42 Å². The van der Waals surface area contributed by atoms with Crippen LogP contribution in [0.15, 0.2) is 5.16 Å². The summed E-state index contributed by atoms with van der Waals surface area (Å²) < 4.78 is 25.3. The largest absolute Gasteiger partial charge is 0.409 e. The van der Waals surface area contributed by atoms with E-state index in [0.717, 1.165) is 0 Å². The molecule has 0 aromatic heterocycles. The van der Waals surface area contributed by atoms with Crippen LogP contribution in [0.4, 0.5) is 0 Å². The third kappa shape index (κ3) is 4.81. The molecule has 6 nitrogen and oxygen atoms in total. The van der Waals surface area contributed by atoms with Crippen molar-refractivity contribution in [2.45, 2.75) is 45.8 Å². The van der Waals surface area contributed by atoms with Gasteiger partial charge in [0.2, 0.25) is 10.0 Å². The van der Waals surface area contributed by atoms with Crippen molar-refractivity contribution in [3.05, 3.63) is 0 Å². The molecule has 0 spiro atoms. The summed E-state index contributed by atoms with van der Waals surface area (Å²) in [5, 5.41) is 11.3. The molecule has 0 fully saturated rings. The van der Waals surface area contributed by atoms with Gasteiger partial charge in [0.1, 0.15) is 5.84 Å². The molecular formula is C11H25N3O3S. The van der Waals surface area contributed by atoms with Crippen LogP contribution >= 0.6 is 0 Å². The van der Waals surface area contributed by atoms with E-state index in [0.29, 0.717) is 6.54 Å². The minimum atomic E-state index is -3.40. The van der Waals surface area contributed by atoms with Gasteiger partial charge in [-0.1, -0.05) is 19.0 Å². The zero-order valence-corrected chi connectivity index (χ0v) is 12.7. The summed E-state index contributed by atoms with van der Waals surface area (Å²) in [4.78, 5) is 0. The van der Waals surface area contributed by atoms with Gasteiger partial charge in [0, 0.05) is 19.5 Å². The Labute approximate surface area is 110 Å². The zero-order valence-electron chi connectivity index (χ0n) is 11.8. The van der Waals surface area contributed by atoms with Gasteiger partial charge >= 0.3 is 0 Å². The van der Waals surface area contributed by atoms with Crippen molar-refractivity contribution in [1.82, 2.24) is 4.31 Å². The first-order valence-electron chi connectivity index (χ1n) is 5.98. The van der Waals surface area contributed by atoms with Crippen molar-refractivity contribution in [2.24, 2.45) is 16.8 Å². The second-order valence-corrected chi connectivity index (χ2v) is 8.40. The van der Waals surface area contributed by atoms with Gasteiger partial charge in [-0.25, -0.2) is 12.7 Å². The van der Waals surface area contributed by atoms with Crippen LogP contribution in [0.25, 0.3) is 0 Å². The van der Waals surface area contributed by atoms with Gasteiger partial charge in [0.25, 0.3) is 0 Å². The molecule has 0 aliphatic carbocycles. The maximum absolute atomic E-state index is 12.4. The minimum Gasteiger partial charge on any atom is -0.409 e. The van der Waals surface area contributed by atoms with Crippen LogP contribution < -0.4 is 5.73 Å². The lowest BCUT2D eigenvalue weighted by Crippen LogP contribution is -2.45. The predicted molar refractivity (Wildman–Crippen MR) is 73.1 cm³/mol. The van der Waals surface area contributed by atoms with Crippen LogP contribution in [-0.2, 0) is 10.0 Å². The van der Waals surface area contributed by atoms with E-state index in [-0.39, 0.29) is 24.7 Å². The molecule has 0 radical (unpaired) electrons. The molecule has 0 amide bonds. The molecule has 0 bridgehead atoms. The Morgan fingerprint density at radius 3 is 2.22 bits per heavy atom. The Morgan fingerprint density at radius 1 is 1.39 bits per heavy atom. The average molecular weight is 279 g/mol. The molecular weight excluding hydrogens is 254 g/mol. The summed E-state index contributed by atoms with van der Waals surface area (Å²) in [6, 6.07) is 0. The van der Waals surface area contributed by atoms with E-state index in [1.165, 1.54) is 4.31 Å². The standard InChI is InChI=1S/C11H25N3O3S/c1-9(2)8-14(7-6-10(12)13-15)18(16,17)11(3,4)5/h9,15H,6-8H2,1-5H3,(H2,12,13). The maximum atomic E-state index is 12.4. The molecule has 7 heteroatoms. The smallest absolute Gasteiger partial charge is 0.219 e. The molecule has 0 heterocycles. The molecule has 0 rings (SSSR count). The topological polar surface area (TPSA) is 96.0 Å². The van der Waals surface area contributed by atoms with Crippen molar-refractivity contribution in [3.8, 4) is 0 Å². The number of amidine groups is 1. The molecule has 0 atom stereocenters. The number of hydrogen-bond donors (Lipinski definition) is 2. The Hall–Kier alpha value is -0.820. The molecule has 0 aliphatic heterocycles. The Morgan fingerprint density at radius 2 is 1.89 bits per heavy atom. The average Bonchev–Trinajstić information content (AvgIpc) is 2.21. The summed E-state index contributed by atoms with van der Waals surface area (Å²) in [5.74, 6) is 0.252. The summed E-state index contributed by atoms with van der Waals surface area (Å²) in [6.07, 6.45) is 0.221. The first-order chi connectivity index (χ1) is 8.02. The van der Waals surface area contributed by atoms with Crippen molar-refractivity contribution in [1.29, 1.82) is 0 Å². The van der Waals surface area contributed by atoms with Gasteiger partial charge in [0.05, 0.1) is 4.75 Å². The van der Waals surface area contributed by atoms with Crippen LogP contribution in [0.5, 0.6) is 0 Å². The van der Waals surface area contributed by atoms with Gasteiger partial charge in [-0.2, -0.15) is 0 Å². The summed E-state index contributed by atoms with van der Waals surface area (Å²) in [6.45, 7) is 9.56. The van der Waals surface area contributed by atoms with Crippen molar-refractivity contribution in [3.63, 3.8) is 0 Å². The highest BCUT2D eigenvalue weighted by atomic mass is 32.2. The number of nitrogens with two attached hydrogens (primary N) is 1. The van der Waals surface area contributed by atoms with Crippen LogP contribution in [0.1, 0.15) is 41.0 Å². The fraction of sp³-hybridized carbons (Fsp3) is 0.909. The van der Waals surface area contributed by atoms with Crippen LogP contribution in [0.3, 0.4) is 0 Å². The number of rotatable bonds is 6. The highest BCUT2D eigenvalue weighted by Gasteiger charge is 2.35. The van der Waals surface area contributed by atoms with Gasteiger partial charge in [-0.3, -0.25) is 0 Å². The normalized spacial score (nSPS) is 14.5. The molecule has 18 heavy (non-hydrogen) atoms. The number of sulfonamides is 1. The first-order valence-corrected chi connectivity index (χ1v) is 7.42. The van der Waals surface area contributed by atoms with Gasteiger partial charge in [-0.15, -0.1) is 0 Å². The number of hydrogen-bond acceptors (Lipinski definition) is 4. The third-order valence-electron chi connectivity index (χ3n) is 2.43. The predicted octanol–water partition coefficient (Wildman–Crippen LogP) is 1.21. The summed E-state index contributed by atoms with van der Waals surface area (Å²) in [7, 11) is -3.40. The van der Waals surface area contributed by atoms with Gasteiger partial charge in [0.15, 0.2) is 0 Å². The summed E-state index contributed by atoms with van der Waals surface area (Å²) >= 11 is 0. The second kappa shape index (κ2) is 6.38. The highest BCUT2D eigenvalue weighted by Crippen LogP contribution is 2.21. The molecule has 0 aromatic rings. The maximum Gasteiger partial charge on any atom is 0.219 e. The van der Waals surface area contributed by atoms with E-state index < -0.39 is 14.8 Å². The quantitative estimate of drug-likeness (QED) is 0.330. The van der Waals surface area contributed by atoms with E-state index in [2.05, 4.69) is 5.16 Å². The molecule has 0 aliphatic rings. The first kappa shape index (κ1) is 17.2. The monoisotopic (exact) mass is 279 g/mol. The molecule has 0 aromatic carbocycles. The van der Waals surface area contributed by atoms with Crippen molar-refractivity contribution in [2.75, 3.05) is 13.1 Å². The van der Waals surface area contributed by atoms with Crippen LogP contribution in [0, 0.1) is 5.92 Å². The van der Waals surface area contributed by atoms with Gasteiger partial charge in [-0.05, 0) is 26.7 Å². The highest BCUT2D eigenvalue weighted by molar-refractivity contribution is 7.90. The third-order valence-corrected chi connectivity index (χ3v) is 4.99. The zero-order chi connectivity index (χ0) is 14.6. The lowest BCUT2D eigenvalue weighted by molar-refractivity contribution is 0.314. The Balaban J connectivity index is 5.01. The lowest BCUT2D eigenvalue weighted by atomic mass is 10.2. The minimum absolute atomic E-state index is 0.0351. The van der Waals surface area contributed by atoms with Gasteiger partial charge < -0.3 is 10.9 Å². The van der Waals surface area contributed by atoms with E-state index in [4.69, 9.17) is 10.9 Å². The number of oxime groups is 1. The molecule has 108 valence electrons. The Kier molecular flexibility index (Phi) is 6.09. The fourth-order valence-electron chi connectivity index (χ4n) is 1.39. The molecule has 0 saturated heterocycles.